The molecule has 1 aromatic heterocycles. The number of methoxy groups -OCH3 is 2. The van der Waals surface area contributed by atoms with Crippen molar-refractivity contribution in [1.29, 1.82) is 0 Å². The van der Waals surface area contributed by atoms with Gasteiger partial charge in [0.05, 0.1) is 25.2 Å². The second-order valence-corrected chi connectivity index (χ2v) is 8.85. The molecule has 4 rings (SSSR count). The zero-order chi connectivity index (χ0) is 21.7. The molecule has 0 aliphatic carbocycles. The Bertz CT molecular complexity index is 1100. The highest BCUT2D eigenvalue weighted by Crippen LogP contribution is 2.54. The van der Waals surface area contributed by atoms with E-state index in [0.717, 1.165) is 28.0 Å². The minimum absolute atomic E-state index is 0.0997. The maximum absolute atomic E-state index is 13.1. The van der Waals surface area contributed by atoms with Gasteiger partial charge < -0.3 is 24.7 Å². The molecule has 30 heavy (non-hydrogen) atoms. The minimum Gasteiger partial charge on any atom is -0.502 e. The summed E-state index contributed by atoms with van der Waals surface area (Å²) >= 11 is 1.97. The van der Waals surface area contributed by atoms with Crippen LogP contribution in [0.5, 0.6) is 17.2 Å². The molecular weight excluding hydrogens is 436 g/mol. The fourth-order valence-corrected chi connectivity index (χ4v) is 6.35. The van der Waals surface area contributed by atoms with Crippen molar-refractivity contribution < 1.29 is 34.1 Å². The number of aromatic amines is 1. The van der Waals surface area contributed by atoms with Crippen LogP contribution in [0.3, 0.4) is 0 Å². The van der Waals surface area contributed by atoms with Gasteiger partial charge in [-0.25, -0.2) is 0 Å². The number of hydrogen-bond donors (Lipinski definition) is 3. The molecule has 2 unspecified atom stereocenters. The van der Waals surface area contributed by atoms with Crippen molar-refractivity contribution in [3.8, 4) is 17.2 Å². The van der Waals surface area contributed by atoms with E-state index in [9.17, 15) is 24.3 Å². The number of carbonyl (C=O) groups is 3. The number of ether oxygens (including phenoxy) is 2. The number of imide groups is 1. The number of nitrogens with zero attached hydrogens (tertiary/aromatic N) is 1. The molecule has 0 saturated carbocycles. The Kier molecular flexibility index (Phi) is 4.98. The normalized spacial score (nSPS) is 22.6. The van der Waals surface area contributed by atoms with Crippen molar-refractivity contribution in [2.75, 3.05) is 20.8 Å². The lowest BCUT2D eigenvalue weighted by Crippen LogP contribution is -2.36. The molecule has 1 saturated heterocycles. The van der Waals surface area contributed by atoms with E-state index in [4.69, 9.17) is 14.6 Å². The quantitative estimate of drug-likeness (QED) is 0.562. The smallest absolute Gasteiger partial charge is 0.323 e. The predicted molar refractivity (Wildman–Crippen MR) is 105 cm³/mol. The van der Waals surface area contributed by atoms with Gasteiger partial charge in [-0.2, -0.15) is 0 Å². The van der Waals surface area contributed by atoms with Crippen molar-refractivity contribution in [1.82, 2.24) is 9.88 Å². The zero-order valence-corrected chi connectivity index (χ0v) is 17.3. The molecule has 1 fully saturated rings. The number of carboxylic acids is 1. The maximum atomic E-state index is 13.1. The average Bonchev–Trinajstić information content (AvgIpc) is 3.18. The number of phenolic OH excluding ortho intramolecular Hbond substituents is 1. The molecule has 10 nitrogen and oxygen atoms in total. The van der Waals surface area contributed by atoms with Crippen LogP contribution in [-0.2, 0) is 14.4 Å². The van der Waals surface area contributed by atoms with Crippen LogP contribution >= 0.6 is 23.1 Å². The highest BCUT2D eigenvalue weighted by atomic mass is 32.2. The number of carboxylic acid groups (broad SMARTS) is 1. The van der Waals surface area contributed by atoms with Gasteiger partial charge in [0.1, 0.15) is 11.8 Å². The van der Waals surface area contributed by atoms with Gasteiger partial charge in [0.2, 0.25) is 17.6 Å². The molecule has 2 aliphatic rings. The van der Waals surface area contributed by atoms with Crippen LogP contribution in [0.2, 0.25) is 0 Å². The molecule has 2 aromatic rings. The topological polar surface area (TPSA) is 146 Å². The van der Waals surface area contributed by atoms with Crippen molar-refractivity contribution >= 4 is 40.9 Å². The van der Waals surface area contributed by atoms with Gasteiger partial charge in [0.25, 0.3) is 0 Å². The molecule has 3 N–H and O–H groups in total. The lowest BCUT2D eigenvalue weighted by molar-refractivity contribution is -0.149. The molecule has 0 spiro atoms. The third-order valence-corrected chi connectivity index (χ3v) is 7.47. The fraction of sp³-hybridized carbons (Fsp3) is 0.333. The monoisotopic (exact) mass is 452 g/mol. The van der Waals surface area contributed by atoms with E-state index in [0.29, 0.717) is 15.5 Å². The Morgan fingerprint density at radius 1 is 1.17 bits per heavy atom. The zero-order valence-electron chi connectivity index (χ0n) is 15.7. The van der Waals surface area contributed by atoms with Crippen LogP contribution in [0.25, 0.3) is 0 Å². The Balaban J connectivity index is 1.90. The van der Waals surface area contributed by atoms with Gasteiger partial charge in [0, 0.05) is 10.8 Å². The Morgan fingerprint density at radius 3 is 2.37 bits per heavy atom. The predicted octanol–water partition coefficient (Wildman–Crippen LogP) is 0.835. The van der Waals surface area contributed by atoms with Crippen LogP contribution in [-0.4, -0.2) is 63.9 Å². The van der Waals surface area contributed by atoms with Crippen LogP contribution in [0.4, 0.5) is 0 Å². The summed E-state index contributed by atoms with van der Waals surface area (Å²) in [5.41, 5.74) is 0.492. The van der Waals surface area contributed by atoms with Gasteiger partial charge in [-0.3, -0.25) is 24.1 Å². The summed E-state index contributed by atoms with van der Waals surface area (Å²) in [6.45, 7) is -0.732. The first-order chi connectivity index (χ1) is 14.3. The van der Waals surface area contributed by atoms with E-state index < -0.39 is 41.4 Å². The Morgan fingerprint density at radius 2 is 1.80 bits per heavy atom. The van der Waals surface area contributed by atoms with Gasteiger partial charge in [-0.1, -0.05) is 23.1 Å². The number of rotatable bonds is 5. The summed E-state index contributed by atoms with van der Waals surface area (Å²) in [7, 11) is 2.72. The van der Waals surface area contributed by atoms with Crippen molar-refractivity contribution in [2.24, 2.45) is 5.92 Å². The highest BCUT2D eigenvalue weighted by Gasteiger charge is 2.56. The van der Waals surface area contributed by atoms with Crippen LogP contribution in [0.1, 0.15) is 16.4 Å². The lowest BCUT2D eigenvalue weighted by Gasteiger charge is -2.30. The fourth-order valence-electron chi connectivity index (χ4n) is 3.82. The number of phenols is 1. The number of nitrogens with one attached hydrogen (secondary N) is 1. The standard InChI is InChI=1S/C18H16N2O8S2/c1-27-7-3-6(4-8(28-2)12(7)23)10-11-14(29-15-13(10)30-18(26)19-15)17(25)20(16(11)24)5-9(21)22/h3-4,10-11,14,23H,5H2,1-2H3,(H,19,26)(H,21,22)/t10-,11?,14?/m1/s1. The number of aromatic nitrogens is 1. The van der Waals surface area contributed by atoms with E-state index >= 15 is 0 Å². The van der Waals surface area contributed by atoms with Crippen LogP contribution < -0.4 is 14.3 Å². The number of aromatic hydroxyl groups is 1. The van der Waals surface area contributed by atoms with Crippen molar-refractivity contribution in [2.45, 2.75) is 16.2 Å². The minimum atomic E-state index is -1.30. The van der Waals surface area contributed by atoms with Crippen molar-refractivity contribution in [3.63, 3.8) is 0 Å². The molecule has 3 heterocycles. The Hall–Kier alpha value is -2.99. The molecule has 2 amide bonds. The number of H-pyrrole nitrogens is 1. The number of benzene rings is 1. The third kappa shape index (κ3) is 3.03. The lowest BCUT2D eigenvalue weighted by atomic mass is 9.83. The van der Waals surface area contributed by atoms with Gasteiger partial charge in [-0.05, 0) is 17.7 Å². The number of likely N-dealkylation sites (tertiary alicyclic amines) is 1. The molecule has 0 bridgehead atoms. The first-order valence-electron chi connectivity index (χ1n) is 8.68. The van der Waals surface area contributed by atoms with E-state index in [1.54, 1.807) is 0 Å². The molecule has 0 radical (unpaired) electrons. The summed E-state index contributed by atoms with van der Waals surface area (Å²) in [5, 5.41) is 18.9. The molecule has 158 valence electrons. The van der Waals surface area contributed by atoms with Crippen LogP contribution in [0, 0.1) is 5.92 Å². The SMILES string of the molecule is COc1cc([C@H]2c3sc(=O)[nH]c3SC3C(=O)N(CC(=O)O)C(=O)C32)cc(OC)c1O. The average molecular weight is 452 g/mol. The van der Waals surface area contributed by atoms with E-state index in [2.05, 4.69) is 4.98 Å². The largest absolute Gasteiger partial charge is 0.502 e. The number of amides is 2. The molecule has 12 heteroatoms. The second-order valence-electron chi connectivity index (χ2n) is 6.68. The van der Waals surface area contributed by atoms with Gasteiger partial charge in [0.15, 0.2) is 11.5 Å². The number of fused-ring (bicyclic) bond motifs is 2. The summed E-state index contributed by atoms with van der Waals surface area (Å²) < 4.78 is 10.4. The third-order valence-electron chi connectivity index (χ3n) is 5.07. The number of thiazole rings is 1. The summed E-state index contributed by atoms with van der Waals surface area (Å²) in [5.74, 6) is -4.21. The molecule has 3 atom stereocenters. The number of thioether (sulfide) groups is 1. The summed E-state index contributed by atoms with van der Waals surface area (Å²) in [6.07, 6.45) is 0. The summed E-state index contributed by atoms with van der Waals surface area (Å²) in [6, 6.07) is 3.03. The first kappa shape index (κ1) is 20.3. The molecule has 1 aromatic carbocycles. The van der Waals surface area contributed by atoms with Crippen LogP contribution in [0.15, 0.2) is 22.0 Å². The van der Waals surface area contributed by atoms with E-state index in [1.165, 1.54) is 26.4 Å². The second kappa shape index (κ2) is 7.36. The molecule has 2 aliphatic heterocycles. The Labute approximate surface area is 177 Å². The van der Waals surface area contributed by atoms with E-state index in [1.807, 2.05) is 0 Å². The van der Waals surface area contributed by atoms with Gasteiger partial charge in [-0.15, -0.1) is 0 Å². The number of carbonyl (C=O) groups excluding carboxylic acids is 2. The maximum Gasteiger partial charge on any atom is 0.323 e. The highest BCUT2D eigenvalue weighted by molar-refractivity contribution is 8.00. The number of hydrogen-bond acceptors (Lipinski definition) is 9. The summed E-state index contributed by atoms with van der Waals surface area (Å²) in [4.78, 5) is 52.7. The van der Waals surface area contributed by atoms with Crippen molar-refractivity contribution in [3.05, 3.63) is 32.2 Å². The first-order valence-corrected chi connectivity index (χ1v) is 10.4. The number of aliphatic carboxylic acids is 1. The van der Waals surface area contributed by atoms with E-state index in [-0.39, 0.29) is 22.1 Å². The molecular formula is C18H16N2O8S2. The van der Waals surface area contributed by atoms with Gasteiger partial charge >= 0.3 is 10.8 Å².